The monoisotopic (exact) mass is 271 g/mol. The summed E-state index contributed by atoms with van der Waals surface area (Å²) in [4.78, 5) is 37.6. The van der Waals surface area contributed by atoms with Crippen molar-refractivity contribution in [3.63, 3.8) is 0 Å². The minimum absolute atomic E-state index is 0.0382. The van der Waals surface area contributed by atoms with Crippen molar-refractivity contribution in [2.45, 2.75) is 32.4 Å². The molecule has 2 rings (SSSR count). The molecule has 0 aromatic rings. The van der Waals surface area contributed by atoms with E-state index in [1.165, 1.54) is 9.80 Å². The number of fused-ring (bicyclic) bond motifs is 1. The molecule has 0 radical (unpaired) electrons. The van der Waals surface area contributed by atoms with Crippen molar-refractivity contribution in [3.05, 3.63) is 0 Å². The standard InChI is InChI=1S/C11H17N3O5/c1-11(2,3)19-10(17)12-4-5-13-7(6-12)8(15)14(18)9(13)16/h7,18H,4-6H2,1-3H3/t7-/m1/s1. The molecule has 2 heterocycles. The summed E-state index contributed by atoms with van der Waals surface area (Å²) in [6, 6.07) is -1.56. The molecule has 0 saturated carbocycles. The Bertz CT molecular complexity index is 431. The van der Waals surface area contributed by atoms with Crippen molar-refractivity contribution < 1.29 is 24.3 Å². The van der Waals surface area contributed by atoms with Crippen LogP contribution in [0.25, 0.3) is 0 Å². The van der Waals surface area contributed by atoms with E-state index in [4.69, 9.17) is 4.74 Å². The Morgan fingerprint density at radius 3 is 2.53 bits per heavy atom. The molecule has 8 nitrogen and oxygen atoms in total. The number of hydrogen-bond donors (Lipinski definition) is 1. The molecular weight excluding hydrogens is 254 g/mol. The molecule has 0 aromatic heterocycles. The lowest BCUT2D eigenvalue weighted by Gasteiger charge is -2.35. The Labute approximate surface area is 110 Å². The van der Waals surface area contributed by atoms with Gasteiger partial charge in [0.1, 0.15) is 11.6 Å². The predicted molar refractivity (Wildman–Crippen MR) is 62.3 cm³/mol. The van der Waals surface area contributed by atoms with Crippen molar-refractivity contribution in [2.75, 3.05) is 19.6 Å². The molecule has 2 aliphatic rings. The molecule has 0 aromatic carbocycles. The van der Waals surface area contributed by atoms with Crippen molar-refractivity contribution in [2.24, 2.45) is 0 Å². The molecule has 1 atom stereocenters. The third kappa shape index (κ3) is 2.48. The number of urea groups is 1. The number of rotatable bonds is 0. The molecule has 0 bridgehead atoms. The highest BCUT2D eigenvalue weighted by atomic mass is 16.6. The van der Waals surface area contributed by atoms with Crippen LogP contribution in [0.4, 0.5) is 9.59 Å². The predicted octanol–water partition coefficient (Wildman–Crippen LogP) is 0.259. The molecule has 2 saturated heterocycles. The SMILES string of the molecule is CC(C)(C)OC(=O)N1CCN2C(=O)N(O)C(=O)[C@H]2C1. The smallest absolute Gasteiger partial charge is 0.410 e. The van der Waals surface area contributed by atoms with Gasteiger partial charge in [-0.05, 0) is 20.8 Å². The zero-order chi connectivity index (χ0) is 14.4. The van der Waals surface area contributed by atoms with Crippen LogP contribution in [0.5, 0.6) is 0 Å². The Morgan fingerprint density at radius 1 is 1.32 bits per heavy atom. The second-order valence-corrected chi connectivity index (χ2v) is 5.57. The number of ether oxygens (including phenoxy) is 1. The minimum Gasteiger partial charge on any atom is -0.444 e. The van der Waals surface area contributed by atoms with Crippen molar-refractivity contribution >= 4 is 18.0 Å². The molecule has 1 N–H and O–H groups in total. The fourth-order valence-corrected chi connectivity index (χ4v) is 2.07. The summed E-state index contributed by atoms with van der Waals surface area (Å²) in [5.74, 6) is -0.710. The number of carbonyl (C=O) groups excluding carboxylic acids is 3. The Kier molecular flexibility index (Phi) is 3.13. The Morgan fingerprint density at radius 2 is 1.95 bits per heavy atom. The maximum absolute atomic E-state index is 11.9. The van der Waals surface area contributed by atoms with Gasteiger partial charge < -0.3 is 14.5 Å². The van der Waals surface area contributed by atoms with E-state index in [1.807, 2.05) is 0 Å². The van der Waals surface area contributed by atoms with E-state index >= 15 is 0 Å². The molecule has 19 heavy (non-hydrogen) atoms. The van der Waals surface area contributed by atoms with Crippen LogP contribution in [-0.4, -0.2) is 69.4 Å². The number of carbonyl (C=O) groups is 3. The highest BCUT2D eigenvalue weighted by Crippen LogP contribution is 2.21. The zero-order valence-electron chi connectivity index (χ0n) is 11.1. The summed E-state index contributed by atoms with van der Waals surface area (Å²) in [7, 11) is 0. The average Bonchev–Trinajstić information content (AvgIpc) is 2.52. The molecule has 8 heteroatoms. The normalized spacial score (nSPS) is 23.8. The summed E-state index contributed by atoms with van der Waals surface area (Å²) in [5.41, 5.74) is -0.618. The van der Waals surface area contributed by atoms with Crippen molar-refractivity contribution in [1.29, 1.82) is 0 Å². The van der Waals surface area contributed by atoms with Crippen molar-refractivity contribution in [1.82, 2.24) is 14.9 Å². The number of piperazine rings is 1. The lowest BCUT2D eigenvalue weighted by Crippen LogP contribution is -2.55. The Balaban J connectivity index is 2.05. The summed E-state index contributed by atoms with van der Waals surface area (Å²) < 4.78 is 5.21. The van der Waals surface area contributed by atoms with E-state index in [2.05, 4.69) is 0 Å². The van der Waals surface area contributed by atoms with Gasteiger partial charge in [0.15, 0.2) is 0 Å². The molecule has 4 amide bonds. The van der Waals surface area contributed by atoms with E-state index in [0.29, 0.717) is 0 Å². The lowest BCUT2D eigenvalue weighted by molar-refractivity contribution is -0.149. The second-order valence-electron chi connectivity index (χ2n) is 5.57. The van der Waals surface area contributed by atoms with Crippen LogP contribution in [0.2, 0.25) is 0 Å². The molecule has 0 unspecified atom stereocenters. The van der Waals surface area contributed by atoms with E-state index in [0.717, 1.165) is 0 Å². The number of hydrogen-bond acceptors (Lipinski definition) is 5. The molecule has 2 aliphatic heterocycles. The van der Waals surface area contributed by atoms with Gasteiger partial charge in [-0.2, -0.15) is 0 Å². The summed E-state index contributed by atoms with van der Waals surface area (Å²) in [6.45, 7) is 5.77. The molecule has 0 aliphatic carbocycles. The summed E-state index contributed by atoms with van der Waals surface area (Å²) in [6.07, 6.45) is -0.524. The van der Waals surface area contributed by atoms with E-state index in [1.54, 1.807) is 20.8 Å². The van der Waals surface area contributed by atoms with Crippen LogP contribution >= 0.6 is 0 Å². The van der Waals surface area contributed by atoms with Gasteiger partial charge in [0.25, 0.3) is 5.91 Å². The third-order valence-corrected chi connectivity index (χ3v) is 2.95. The summed E-state index contributed by atoms with van der Waals surface area (Å²) in [5, 5.41) is 9.37. The van der Waals surface area contributed by atoms with Gasteiger partial charge >= 0.3 is 12.1 Å². The summed E-state index contributed by atoms with van der Waals surface area (Å²) >= 11 is 0. The average molecular weight is 271 g/mol. The van der Waals surface area contributed by atoms with Crippen LogP contribution in [0.1, 0.15) is 20.8 Å². The quantitative estimate of drug-likeness (QED) is 0.504. The fourth-order valence-electron chi connectivity index (χ4n) is 2.07. The topological polar surface area (TPSA) is 90.4 Å². The van der Waals surface area contributed by atoms with Gasteiger partial charge in [-0.15, -0.1) is 5.06 Å². The van der Waals surface area contributed by atoms with E-state index in [-0.39, 0.29) is 24.7 Å². The largest absolute Gasteiger partial charge is 0.444 e. The van der Waals surface area contributed by atoms with Gasteiger partial charge in [-0.3, -0.25) is 10.0 Å². The first-order valence-electron chi connectivity index (χ1n) is 6.02. The van der Waals surface area contributed by atoms with Gasteiger partial charge in [0.2, 0.25) is 0 Å². The van der Waals surface area contributed by atoms with Gasteiger partial charge in [-0.25, -0.2) is 9.59 Å². The van der Waals surface area contributed by atoms with Crippen LogP contribution in [0, 0.1) is 0 Å². The number of imide groups is 1. The van der Waals surface area contributed by atoms with E-state index in [9.17, 15) is 19.6 Å². The number of amides is 4. The fraction of sp³-hybridized carbons (Fsp3) is 0.727. The second kappa shape index (κ2) is 4.37. The van der Waals surface area contributed by atoms with Gasteiger partial charge in [-0.1, -0.05) is 0 Å². The van der Waals surface area contributed by atoms with Crippen molar-refractivity contribution in [3.8, 4) is 0 Å². The number of hydroxylamine groups is 2. The van der Waals surface area contributed by atoms with E-state index < -0.39 is 29.7 Å². The molecule has 2 fully saturated rings. The first-order valence-corrected chi connectivity index (χ1v) is 6.02. The Hall–Kier alpha value is -1.83. The zero-order valence-corrected chi connectivity index (χ0v) is 11.1. The maximum atomic E-state index is 11.9. The third-order valence-electron chi connectivity index (χ3n) is 2.95. The minimum atomic E-state index is -0.821. The van der Waals surface area contributed by atoms with Gasteiger partial charge in [0, 0.05) is 13.1 Å². The number of nitrogens with zero attached hydrogens (tertiary/aromatic N) is 3. The van der Waals surface area contributed by atoms with Crippen LogP contribution in [-0.2, 0) is 9.53 Å². The highest BCUT2D eigenvalue weighted by molar-refractivity contribution is 6.03. The molecular formula is C11H17N3O5. The molecule has 106 valence electrons. The van der Waals surface area contributed by atoms with Crippen LogP contribution < -0.4 is 0 Å². The van der Waals surface area contributed by atoms with Gasteiger partial charge in [0.05, 0.1) is 6.54 Å². The first-order chi connectivity index (χ1) is 8.70. The lowest BCUT2D eigenvalue weighted by atomic mass is 10.2. The van der Waals surface area contributed by atoms with Crippen LogP contribution in [0.3, 0.4) is 0 Å². The maximum Gasteiger partial charge on any atom is 0.410 e. The first kappa shape index (κ1) is 13.6. The molecule has 0 spiro atoms. The van der Waals surface area contributed by atoms with Crippen LogP contribution in [0.15, 0.2) is 0 Å². The highest BCUT2D eigenvalue weighted by Gasteiger charge is 2.48.